The zero-order valence-electron chi connectivity index (χ0n) is 16.0. The molecule has 0 radical (unpaired) electrons. The van der Waals surface area contributed by atoms with Gasteiger partial charge in [0, 0.05) is 25.7 Å². The van der Waals surface area contributed by atoms with Gasteiger partial charge in [-0.05, 0) is 51.3 Å². The molecule has 1 amide bonds. The number of amides is 1. The summed E-state index contributed by atoms with van der Waals surface area (Å²) in [5.74, 6) is 0.0587. The highest BCUT2D eigenvalue weighted by molar-refractivity contribution is 5.68. The van der Waals surface area contributed by atoms with E-state index < -0.39 is 18.3 Å². The van der Waals surface area contributed by atoms with Crippen LogP contribution in [0.25, 0.3) is 0 Å². The van der Waals surface area contributed by atoms with Crippen molar-refractivity contribution in [2.45, 2.75) is 58.0 Å². The monoisotopic (exact) mass is 386 g/mol. The summed E-state index contributed by atoms with van der Waals surface area (Å²) in [4.78, 5) is 13.7. The summed E-state index contributed by atoms with van der Waals surface area (Å²) in [5.41, 5.74) is 0.113. The molecular formula is C19H28F2N2O4. The fourth-order valence-electron chi connectivity index (χ4n) is 2.86. The van der Waals surface area contributed by atoms with Crippen LogP contribution in [0.4, 0.5) is 13.6 Å². The highest BCUT2D eigenvalue weighted by Crippen LogP contribution is 2.20. The molecule has 1 saturated heterocycles. The predicted octanol–water partition coefficient (Wildman–Crippen LogP) is 3.31. The van der Waals surface area contributed by atoms with Crippen LogP contribution in [-0.2, 0) is 4.74 Å². The summed E-state index contributed by atoms with van der Waals surface area (Å²) in [6, 6.07) is 6.14. The third kappa shape index (κ3) is 7.30. The molecule has 2 rings (SSSR count). The minimum absolute atomic E-state index is 0.0587. The van der Waals surface area contributed by atoms with Crippen LogP contribution < -0.4 is 10.1 Å². The molecule has 1 atom stereocenters. The molecule has 0 aliphatic carbocycles. The van der Waals surface area contributed by atoms with Crippen molar-refractivity contribution in [3.8, 4) is 5.75 Å². The Hall–Kier alpha value is -1.93. The summed E-state index contributed by atoms with van der Waals surface area (Å²) < 4.78 is 34.0. The molecule has 8 heteroatoms. The van der Waals surface area contributed by atoms with Gasteiger partial charge in [0.15, 0.2) is 0 Å². The number of carbonyl (C=O) groups is 1. The van der Waals surface area contributed by atoms with Crippen LogP contribution in [0.2, 0.25) is 0 Å². The molecule has 0 spiro atoms. The smallest absolute Gasteiger partial charge is 0.410 e. The summed E-state index contributed by atoms with van der Waals surface area (Å²) in [5, 5.41) is 13.6. The van der Waals surface area contributed by atoms with E-state index in [1.807, 2.05) is 20.8 Å². The number of likely N-dealkylation sites (tertiary alicyclic amines) is 1. The fourth-order valence-corrected chi connectivity index (χ4v) is 2.86. The fraction of sp³-hybridized carbons (Fsp3) is 0.632. The molecule has 2 N–H and O–H groups in total. The molecular weight excluding hydrogens is 358 g/mol. The maximum Gasteiger partial charge on any atom is 0.410 e. The molecule has 1 fully saturated rings. The average Bonchev–Trinajstić information content (AvgIpc) is 2.59. The van der Waals surface area contributed by atoms with Gasteiger partial charge < -0.3 is 24.8 Å². The third-order valence-corrected chi connectivity index (χ3v) is 4.24. The Morgan fingerprint density at radius 1 is 1.26 bits per heavy atom. The number of hydrogen-bond acceptors (Lipinski definition) is 5. The Labute approximate surface area is 158 Å². The van der Waals surface area contributed by atoms with Crippen LogP contribution in [0.3, 0.4) is 0 Å². The number of nitrogens with zero attached hydrogens (tertiary/aromatic N) is 1. The maximum atomic E-state index is 12.2. The van der Waals surface area contributed by atoms with Gasteiger partial charge in [-0.1, -0.05) is 12.1 Å². The summed E-state index contributed by atoms with van der Waals surface area (Å²) in [6.07, 6.45) is 0.488. The van der Waals surface area contributed by atoms with Crippen molar-refractivity contribution in [3.05, 3.63) is 29.8 Å². The second-order valence-corrected chi connectivity index (χ2v) is 7.61. The number of alkyl halides is 2. The van der Waals surface area contributed by atoms with E-state index >= 15 is 0 Å². The van der Waals surface area contributed by atoms with Gasteiger partial charge in [-0.25, -0.2) is 4.79 Å². The zero-order valence-corrected chi connectivity index (χ0v) is 16.0. The number of aliphatic hydroxyl groups excluding tert-OH is 1. The maximum absolute atomic E-state index is 12.2. The Balaban J connectivity index is 1.73. The lowest BCUT2D eigenvalue weighted by molar-refractivity contribution is -0.0498. The van der Waals surface area contributed by atoms with E-state index in [0.717, 1.165) is 12.8 Å². The highest BCUT2D eigenvalue weighted by Gasteiger charge is 2.27. The van der Waals surface area contributed by atoms with Gasteiger partial charge in [-0.15, -0.1) is 0 Å². The number of rotatable bonds is 6. The Morgan fingerprint density at radius 2 is 1.85 bits per heavy atom. The first-order chi connectivity index (χ1) is 12.6. The van der Waals surface area contributed by atoms with E-state index in [9.17, 15) is 18.7 Å². The van der Waals surface area contributed by atoms with Crippen LogP contribution in [0, 0.1) is 0 Å². The minimum Gasteiger partial charge on any atom is -0.444 e. The summed E-state index contributed by atoms with van der Waals surface area (Å²) >= 11 is 0. The van der Waals surface area contributed by atoms with Crippen molar-refractivity contribution in [1.29, 1.82) is 0 Å². The Bertz CT molecular complexity index is 597. The first-order valence-corrected chi connectivity index (χ1v) is 9.08. The second-order valence-electron chi connectivity index (χ2n) is 7.61. The van der Waals surface area contributed by atoms with Crippen molar-refractivity contribution in [3.63, 3.8) is 0 Å². The number of halogens is 2. The molecule has 6 nitrogen and oxygen atoms in total. The SMILES string of the molecule is CC(C)(C)OC(=O)N1CCC(NCC(O)c2ccc(OC(F)F)cc2)CC1. The van der Waals surface area contributed by atoms with Crippen LogP contribution in [0.1, 0.15) is 45.3 Å². The highest BCUT2D eigenvalue weighted by atomic mass is 19.3. The van der Waals surface area contributed by atoms with E-state index in [1.165, 1.54) is 12.1 Å². The van der Waals surface area contributed by atoms with E-state index in [4.69, 9.17) is 4.74 Å². The van der Waals surface area contributed by atoms with Gasteiger partial charge in [0.25, 0.3) is 0 Å². The molecule has 0 bridgehead atoms. The number of nitrogens with one attached hydrogen (secondary N) is 1. The minimum atomic E-state index is -2.87. The number of hydrogen-bond donors (Lipinski definition) is 2. The third-order valence-electron chi connectivity index (χ3n) is 4.24. The Morgan fingerprint density at radius 3 is 2.37 bits per heavy atom. The second kappa shape index (κ2) is 9.32. The standard InChI is InChI=1S/C19H28F2N2O4/c1-19(2,3)27-18(25)23-10-8-14(9-11-23)22-12-16(24)13-4-6-15(7-5-13)26-17(20)21/h4-7,14,16-17,22,24H,8-12H2,1-3H3. The lowest BCUT2D eigenvalue weighted by Gasteiger charge is -2.34. The Kier molecular flexibility index (Phi) is 7.38. The molecule has 1 aliphatic heterocycles. The first kappa shape index (κ1) is 21.4. The molecule has 0 saturated carbocycles. The molecule has 0 aromatic heterocycles. The largest absolute Gasteiger partial charge is 0.444 e. The molecule has 1 unspecified atom stereocenters. The van der Waals surface area contributed by atoms with Crippen LogP contribution in [0.5, 0.6) is 5.75 Å². The van der Waals surface area contributed by atoms with Crippen molar-refractivity contribution >= 4 is 6.09 Å². The van der Waals surface area contributed by atoms with Crippen molar-refractivity contribution in [2.75, 3.05) is 19.6 Å². The van der Waals surface area contributed by atoms with Gasteiger partial charge in [0.05, 0.1) is 6.10 Å². The quantitative estimate of drug-likeness (QED) is 0.785. The van der Waals surface area contributed by atoms with Gasteiger partial charge in [-0.2, -0.15) is 8.78 Å². The van der Waals surface area contributed by atoms with E-state index in [0.29, 0.717) is 25.2 Å². The number of piperidine rings is 1. The molecule has 1 aliphatic rings. The van der Waals surface area contributed by atoms with Gasteiger partial charge in [0.2, 0.25) is 0 Å². The predicted molar refractivity (Wildman–Crippen MR) is 96.9 cm³/mol. The first-order valence-electron chi connectivity index (χ1n) is 9.08. The summed E-state index contributed by atoms with van der Waals surface area (Å²) in [7, 11) is 0. The normalized spacial score (nSPS) is 17.1. The van der Waals surface area contributed by atoms with Crippen LogP contribution in [-0.4, -0.2) is 54.0 Å². The van der Waals surface area contributed by atoms with Crippen molar-refractivity contribution in [1.82, 2.24) is 10.2 Å². The number of carbonyl (C=O) groups excluding carboxylic acids is 1. The molecule has 27 heavy (non-hydrogen) atoms. The van der Waals surface area contributed by atoms with E-state index in [-0.39, 0.29) is 17.9 Å². The zero-order chi connectivity index (χ0) is 20.0. The topological polar surface area (TPSA) is 71.0 Å². The van der Waals surface area contributed by atoms with Crippen molar-refractivity contribution < 1.29 is 28.2 Å². The lowest BCUT2D eigenvalue weighted by atomic mass is 10.0. The van der Waals surface area contributed by atoms with Crippen LogP contribution >= 0.6 is 0 Å². The molecule has 152 valence electrons. The number of benzene rings is 1. The van der Waals surface area contributed by atoms with Crippen molar-refractivity contribution in [2.24, 2.45) is 0 Å². The van der Waals surface area contributed by atoms with Gasteiger partial charge in [-0.3, -0.25) is 0 Å². The van der Waals surface area contributed by atoms with E-state index in [1.54, 1.807) is 17.0 Å². The molecule has 1 heterocycles. The number of ether oxygens (including phenoxy) is 2. The van der Waals surface area contributed by atoms with Gasteiger partial charge >= 0.3 is 12.7 Å². The van der Waals surface area contributed by atoms with E-state index in [2.05, 4.69) is 10.1 Å². The average molecular weight is 386 g/mol. The molecule has 1 aromatic rings. The molecule has 1 aromatic carbocycles. The lowest BCUT2D eigenvalue weighted by Crippen LogP contribution is -2.47. The van der Waals surface area contributed by atoms with Crippen LogP contribution in [0.15, 0.2) is 24.3 Å². The number of aliphatic hydroxyl groups is 1. The summed E-state index contributed by atoms with van der Waals surface area (Å²) in [6.45, 7) is 4.19. The van der Waals surface area contributed by atoms with Gasteiger partial charge in [0.1, 0.15) is 11.4 Å².